The van der Waals surface area contributed by atoms with Crippen molar-refractivity contribution in [2.45, 2.75) is 19.4 Å². The van der Waals surface area contributed by atoms with Crippen LogP contribution in [-0.4, -0.2) is 18.7 Å². The van der Waals surface area contributed by atoms with E-state index in [2.05, 4.69) is 5.32 Å². The molecule has 0 atom stereocenters. The molecule has 0 aliphatic carbocycles. The van der Waals surface area contributed by atoms with Crippen molar-refractivity contribution in [3.05, 3.63) is 29.6 Å². The Balaban J connectivity index is 2.19. The lowest BCUT2D eigenvalue weighted by atomic mass is 10.00. The Morgan fingerprint density at radius 3 is 2.71 bits per heavy atom. The lowest BCUT2D eigenvalue weighted by Gasteiger charge is -2.39. The Hall–Kier alpha value is -1.09. The molecule has 0 bridgehead atoms. The summed E-state index contributed by atoms with van der Waals surface area (Å²) in [5, 5.41) is 3.11. The molecule has 1 aromatic carbocycles. The van der Waals surface area contributed by atoms with Gasteiger partial charge < -0.3 is 10.1 Å². The summed E-state index contributed by atoms with van der Waals surface area (Å²) in [4.78, 5) is 0. The minimum absolute atomic E-state index is 0.241. The maximum atomic E-state index is 13.3. The van der Waals surface area contributed by atoms with Crippen molar-refractivity contribution in [1.82, 2.24) is 5.32 Å². The van der Waals surface area contributed by atoms with Crippen LogP contribution in [0.1, 0.15) is 12.5 Å². The summed E-state index contributed by atoms with van der Waals surface area (Å²) in [6, 6.07) is 4.92. The van der Waals surface area contributed by atoms with Gasteiger partial charge >= 0.3 is 0 Å². The van der Waals surface area contributed by atoms with Gasteiger partial charge in [-0.3, -0.25) is 0 Å². The highest BCUT2D eigenvalue weighted by molar-refractivity contribution is 5.30. The number of hydrogen-bond donors (Lipinski definition) is 1. The highest BCUT2D eigenvalue weighted by atomic mass is 19.1. The van der Waals surface area contributed by atoms with Crippen molar-refractivity contribution in [2.75, 3.05) is 13.1 Å². The quantitative estimate of drug-likeness (QED) is 0.778. The van der Waals surface area contributed by atoms with E-state index >= 15 is 0 Å². The van der Waals surface area contributed by atoms with Crippen molar-refractivity contribution in [1.29, 1.82) is 0 Å². The van der Waals surface area contributed by atoms with E-state index in [-0.39, 0.29) is 11.4 Å². The highest BCUT2D eigenvalue weighted by Crippen LogP contribution is 2.25. The summed E-state index contributed by atoms with van der Waals surface area (Å²) < 4.78 is 18.9. The minimum atomic E-state index is -0.288. The van der Waals surface area contributed by atoms with Gasteiger partial charge in [0.25, 0.3) is 0 Å². The van der Waals surface area contributed by atoms with Gasteiger partial charge in [-0.1, -0.05) is 6.07 Å². The molecule has 1 aliphatic rings. The third-order valence-corrected chi connectivity index (χ3v) is 2.44. The number of aryl methyl sites for hydroxylation is 1. The summed E-state index contributed by atoms with van der Waals surface area (Å²) in [5.41, 5.74) is 0.770. The van der Waals surface area contributed by atoms with Crippen LogP contribution in [0, 0.1) is 12.7 Å². The van der Waals surface area contributed by atoms with Crippen LogP contribution in [-0.2, 0) is 0 Å². The molecule has 76 valence electrons. The molecule has 0 spiro atoms. The fourth-order valence-electron chi connectivity index (χ4n) is 1.50. The Bertz CT molecular complexity index is 347. The molecule has 2 nitrogen and oxygen atoms in total. The Kier molecular flexibility index (Phi) is 2.19. The second-order valence-corrected chi connectivity index (χ2v) is 4.09. The van der Waals surface area contributed by atoms with Gasteiger partial charge in [0.1, 0.15) is 5.60 Å². The van der Waals surface area contributed by atoms with Crippen molar-refractivity contribution in [3.8, 4) is 5.75 Å². The van der Waals surface area contributed by atoms with Gasteiger partial charge in [0.2, 0.25) is 0 Å². The molecule has 14 heavy (non-hydrogen) atoms. The first kappa shape index (κ1) is 9.46. The van der Waals surface area contributed by atoms with E-state index in [0.29, 0.717) is 5.75 Å². The zero-order chi connectivity index (χ0) is 10.2. The van der Waals surface area contributed by atoms with Crippen LogP contribution in [0.2, 0.25) is 0 Å². The number of hydrogen-bond acceptors (Lipinski definition) is 2. The first-order valence-corrected chi connectivity index (χ1v) is 4.75. The zero-order valence-electron chi connectivity index (χ0n) is 8.43. The fraction of sp³-hybridized carbons (Fsp3) is 0.455. The highest BCUT2D eigenvalue weighted by Gasteiger charge is 2.34. The molecule has 0 aromatic heterocycles. The monoisotopic (exact) mass is 195 g/mol. The molecule has 0 unspecified atom stereocenters. The van der Waals surface area contributed by atoms with Gasteiger partial charge in [0.05, 0.1) is 0 Å². The summed E-state index contributed by atoms with van der Waals surface area (Å²) in [6.45, 7) is 5.46. The van der Waals surface area contributed by atoms with Crippen LogP contribution in [0.3, 0.4) is 0 Å². The normalized spacial score (nSPS) is 18.8. The largest absolute Gasteiger partial charge is 0.482 e. The van der Waals surface area contributed by atoms with Crippen LogP contribution >= 0.6 is 0 Å². The SMILES string of the molecule is Cc1ccc(F)c(OC2(C)CNC2)c1. The molecule has 1 fully saturated rings. The molecule has 1 N–H and O–H groups in total. The molecule has 2 rings (SSSR count). The zero-order valence-corrected chi connectivity index (χ0v) is 8.43. The standard InChI is InChI=1S/C11H14FNO/c1-8-3-4-9(12)10(5-8)14-11(2)6-13-7-11/h3-5,13H,6-7H2,1-2H3. The average molecular weight is 195 g/mol. The van der Waals surface area contributed by atoms with Crippen LogP contribution in [0.4, 0.5) is 4.39 Å². The smallest absolute Gasteiger partial charge is 0.165 e. The van der Waals surface area contributed by atoms with E-state index in [4.69, 9.17) is 4.74 Å². The molecule has 0 saturated carbocycles. The maximum absolute atomic E-state index is 13.3. The molecule has 1 saturated heterocycles. The van der Waals surface area contributed by atoms with Gasteiger partial charge in [-0.15, -0.1) is 0 Å². The Morgan fingerprint density at radius 2 is 2.14 bits per heavy atom. The topological polar surface area (TPSA) is 21.3 Å². The molecule has 0 radical (unpaired) electrons. The summed E-state index contributed by atoms with van der Waals surface area (Å²) in [7, 11) is 0. The molecular formula is C11H14FNO. The van der Waals surface area contributed by atoms with Crippen LogP contribution in [0.15, 0.2) is 18.2 Å². The van der Waals surface area contributed by atoms with E-state index < -0.39 is 0 Å². The van der Waals surface area contributed by atoms with Crippen molar-refractivity contribution >= 4 is 0 Å². The predicted octanol–water partition coefficient (Wildman–Crippen LogP) is 1.87. The predicted molar refractivity (Wildman–Crippen MR) is 53.0 cm³/mol. The minimum Gasteiger partial charge on any atom is -0.482 e. The van der Waals surface area contributed by atoms with Gasteiger partial charge in [0, 0.05) is 13.1 Å². The number of halogens is 1. The molecule has 1 heterocycles. The van der Waals surface area contributed by atoms with Crippen LogP contribution < -0.4 is 10.1 Å². The van der Waals surface area contributed by atoms with Gasteiger partial charge in [-0.25, -0.2) is 4.39 Å². The first-order chi connectivity index (χ1) is 6.59. The Morgan fingerprint density at radius 1 is 1.43 bits per heavy atom. The second-order valence-electron chi connectivity index (χ2n) is 4.09. The van der Waals surface area contributed by atoms with Crippen LogP contribution in [0.5, 0.6) is 5.75 Å². The van der Waals surface area contributed by atoms with Crippen molar-refractivity contribution in [2.24, 2.45) is 0 Å². The second kappa shape index (κ2) is 3.24. The number of nitrogens with one attached hydrogen (secondary N) is 1. The van der Waals surface area contributed by atoms with E-state index in [1.54, 1.807) is 12.1 Å². The Labute approximate surface area is 83.1 Å². The molecule has 0 amide bonds. The van der Waals surface area contributed by atoms with E-state index in [1.165, 1.54) is 6.07 Å². The average Bonchev–Trinajstić information content (AvgIpc) is 2.09. The fourth-order valence-corrected chi connectivity index (χ4v) is 1.50. The molecule has 3 heteroatoms. The molecule has 1 aromatic rings. The van der Waals surface area contributed by atoms with E-state index in [1.807, 2.05) is 13.8 Å². The lowest BCUT2D eigenvalue weighted by Crippen LogP contribution is -2.61. The van der Waals surface area contributed by atoms with Gasteiger partial charge in [-0.2, -0.15) is 0 Å². The van der Waals surface area contributed by atoms with Crippen LogP contribution in [0.25, 0.3) is 0 Å². The summed E-state index contributed by atoms with van der Waals surface area (Å²) >= 11 is 0. The number of benzene rings is 1. The molecule has 1 aliphatic heterocycles. The van der Waals surface area contributed by atoms with Gasteiger partial charge in [-0.05, 0) is 31.5 Å². The third kappa shape index (κ3) is 1.73. The van der Waals surface area contributed by atoms with E-state index in [9.17, 15) is 4.39 Å². The number of rotatable bonds is 2. The lowest BCUT2D eigenvalue weighted by molar-refractivity contribution is 0.0311. The summed E-state index contributed by atoms with van der Waals surface area (Å²) in [5.74, 6) is 0.0673. The molecular weight excluding hydrogens is 181 g/mol. The summed E-state index contributed by atoms with van der Waals surface area (Å²) in [6.07, 6.45) is 0. The van der Waals surface area contributed by atoms with Crippen molar-refractivity contribution in [3.63, 3.8) is 0 Å². The third-order valence-electron chi connectivity index (χ3n) is 2.44. The van der Waals surface area contributed by atoms with Gasteiger partial charge in [0.15, 0.2) is 11.6 Å². The number of ether oxygens (including phenoxy) is 1. The maximum Gasteiger partial charge on any atom is 0.165 e. The van der Waals surface area contributed by atoms with E-state index in [0.717, 1.165) is 18.7 Å². The first-order valence-electron chi connectivity index (χ1n) is 4.75. The van der Waals surface area contributed by atoms with Crippen molar-refractivity contribution < 1.29 is 9.13 Å².